The zero-order valence-electron chi connectivity index (χ0n) is 19.7. The molecule has 1 N–H and O–H groups in total. The largest absolute Gasteiger partial charge is 0.496 e. The molecular weight excluding hydrogens is 447 g/mol. The Morgan fingerprint density at radius 2 is 1.74 bits per heavy atom. The third-order valence-corrected chi connectivity index (χ3v) is 6.24. The van der Waals surface area contributed by atoms with Gasteiger partial charge in [-0.3, -0.25) is 0 Å². The number of methoxy groups -OCH3 is 1. The van der Waals surface area contributed by atoms with Crippen molar-refractivity contribution in [1.29, 1.82) is 0 Å². The Bertz CT molecular complexity index is 1330. The minimum Gasteiger partial charge on any atom is -0.496 e. The van der Waals surface area contributed by atoms with E-state index in [0.717, 1.165) is 37.6 Å². The molecule has 5 rings (SSSR count). The van der Waals surface area contributed by atoms with Gasteiger partial charge in [0.25, 0.3) is 0 Å². The number of aliphatic hydroxyl groups excluding tert-OH is 1. The molecule has 0 bridgehead atoms. The molecule has 0 spiro atoms. The van der Waals surface area contributed by atoms with Gasteiger partial charge in [-0.25, -0.2) is 19.0 Å². The molecule has 0 saturated carbocycles. The Balaban J connectivity index is 1.48. The predicted molar refractivity (Wildman–Crippen MR) is 132 cm³/mol. The Hall–Kier alpha value is -3.82. The summed E-state index contributed by atoms with van der Waals surface area (Å²) in [6.45, 7) is 3.59. The van der Waals surface area contributed by atoms with Crippen LogP contribution in [-0.2, 0) is 6.61 Å². The van der Waals surface area contributed by atoms with E-state index in [1.54, 1.807) is 35.1 Å². The molecule has 0 radical (unpaired) electrons. The first-order valence-corrected chi connectivity index (χ1v) is 11.5. The van der Waals surface area contributed by atoms with Crippen LogP contribution >= 0.6 is 0 Å². The molecule has 8 nitrogen and oxygen atoms in total. The van der Waals surface area contributed by atoms with Crippen molar-refractivity contribution in [1.82, 2.24) is 24.6 Å². The SMILES string of the molecule is COc1cccc(F)c1-c1nc(-c2cnn(-c3cccc(N4CCN(C)CC4)n3)c2)ccc1CO. The average Bonchev–Trinajstić information content (AvgIpc) is 3.39. The number of benzene rings is 1. The number of nitrogens with zero attached hydrogens (tertiary/aromatic N) is 6. The molecule has 1 aliphatic rings. The minimum atomic E-state index is -0.468. The van der Waals surface area contributed by atoms with Gasteiger partial charge in [0.1, 0.15) is 17.4 Å². The number of anilines is 1. The number of pyridine rings is 2. The molecule has 0 amide bonds. The molecule has 9 heteroatoms. The molecule has 0 atom stereocenters. The Kier molecular flexibility index (Phi) is 6.43. The maximum Gasteiger partial charge on any atom is 0.155 e. The summed E-state index contributed by atoms with van der Waals surface area (Å²) in [5.74, 6) is 1.51. The fourth-order valence-electron chi connectivity index (χ4n) is 4.23. The van der Waals surface area contributed by atoms with E-state index in [9.17, 15) is 9.50 Å². The van der Waals surface area contributed by atoms with Crippen LogP contribution in [0.15, 0.2) is 60.9 Å². The molecule has 1 fully saturated rings. The summed E-state index contributed by atoms with van der Waals surface area (Å²) in [7, 11) is 3.61. The molecule has 1 saturated heterocycles. The molecule has 0 unspecified atom stereocenters. The van der Waals surface area contributed by atoms with E-state index >= 15 is 0 Å². The van der Waals surface area contributed by atoms with Crippen molar-refractivity contribution >= 4 is 5.82 Å². The highest BCUT2D eigenvalue weighted by Gasteiger charge is 2.19. The van der Waals surface area contributed by atoms with Crippen LogP contribution in [0.4, 0.5) is 10.2 Å². The van der Waals surface area contributed by atoms with Gasteiger partial charge in [-0.05, 0) is 37.4 Å². The lowest BCUT2D eigenvalue weighted by Gasteiger charge is -2.33. The summed E-state index contributed by atoms with van der Waals surface area (Å²) in [6.07, 6.45) is 3.55. The van der Waals surface area contributed by atoms with Crippen LogP contribution in [0, 0.1) is 5.82 Å². The first-order chi connectivity index (χ1) is 17.1. The Morgan fingerprint density at radius 3 is 2.51 bits per heavy atom. The fourth-order valence-corrected chi connectivity index (χ4v) is 4.23. The molecule has 4 heterocycles. The summed E-state index contributed by atoms with van der Waals surface area (Å²) in [5.41, 5.74) is 2.41. The number of hydrogen-bond donors (Lipinski definition) is 1. The minimum absolute atomic E-state index is 0.217. The van der Waals surface area contributed by atoms with E-state index in [4.69, 9.17) is 14.7 Å². The smallest absolute Gasteiger partial charge is 0.155 e. The van der Waals surface area contributed by atoms with Crippen molar-refractivity contribution in [3.63, 3.8) is 0 Å². The lowest BCUT2D eigenvalue weighted by Crippen LogP contribution is -2.44. The maximum absolute atomic E-state index is 14.8. The molecule has 0 aliphatic carbocycles. The van der Waals surface area contributed by atoms with Crippen molar-refractivity contribution in [3.05, 3.63) is 72.3 Å². The highest BCUT2D eigenvalue weighted by molar-refractivity contribution is 5.73. The summed E-state index contributed by atoms with van der Waals surface area (Å²) < 4.78 is 21.8. The zero-order chi connectivity index (χ0) is 24.4. The molecular formula is C26H27FN6O2. The third kappa shape index (κ3) is 4.60. The van der Waals surface area contributed by atoms with Gasteiger partial charge in [0.05, 0.1) is 36.9 Å². The topological polar surface area (TPSA) is 79.5 Å². The van der Waals surface area contributed by atoms with Crippen LogP contribution in [0.5, 0.6) is 5.75 Å². The molecule has 35 heavy (non-hydrogen) atoms. The molecule has 1 aliphatic heterocycles. The van der Waals surface area contributed by atoms with E-state index < -0.39 is 5.82 Å². The monoisotopic (exact) mass is 474 g/mol. The molecule has 180 valence electrons. The van der Waals surface area contributed by atoms with Crippen LogP contribution in [-0.4, -0.2) is 70.1 Å². The molecule has 3 aromatic heterocycles. The van der Waals surface area contributed by atoms with Crippen LogP contribution in [0.3, 0.4) is 0 Å². The molecule has 1 aromatic carbocycles. The maximum atomic E-state index is 14.8. The number of ether oxygens (including phenoxy) is 1. The third-order valence-electron chi connectivity index (χ3n) is 6.24. The Labute approximate surface area is 203 Å². The zero-order valence-corrected chi connectivity index (χ0v) is 19.7. The summed E-state index contributed by atoms with van der Waals surface area (Å²) in [6, 6.07) is 14.0. The van der Waals surface area contributed by atoms with Crippen molar-refractivity contribution in [2.45, 2.75) is 6.61 Å². The van der Waals surface area contributed by atoms with Gasteiger partial charge < -0.3 is 19.6 Å². The number of aliphatic hydroxyl groups is 1. The van der Waals surface area contributed by atoms with Gasteiger partial charge in [-0.15, -0.1) is 0 Å². The van der Waals surface area contributed by atoms with E-state index in [1.165, 1.54) is 13.2 Å². The van der Waals surface area contributed by atoms with Gasteiger partial charge in [-0.1, -0.05) is 18.2 Å². The Morgan fingerprint density at radius 1 is 0.971 bits per heavy atom. The van der Waals surface area contributed by atoms with Gasteiger partial charge in [-0.2, -0.15) is 5.10 Å². The van der Waals surface area contributed by atoms with Gasteiger partial charge in [0.15, 0.2) is 5.82 Å². The van der Waals surface area contributed by atoms with Crippen molar-refractivity contribution in [2.75, 3.05) is 45.2 Å². The summed E-state index contributed by atoms with van der Waals surface area (Å²) in [5, 5.41) is 14.4. The standard InChI is InChI=1S/C26H27FN6O2/c1-31-11-13-32(14-12-31)23-7-4-8-24(30-23)33-16-19(15-28-33)21-10-9-18(17-34)26(29-21)25-20(27)5-3-6-22(25)35-2/h3-10,15-16,34H,11-14,17H2,1-2H3. The first-order valence-electron chi connectivity index (χ1n) is 11.5. The van der Waals surface area contributed by atoms with E-state index in [2.05, 4.69) is 21.9 Å². The van der Waals surface area contributed by atoms with Gasteiger partial charge in [0.2, 0.25) is 0 Å². The second kappa shape index (κ2) is 9.81. The lowest BCUT2D eigenvalue weighted by molar-refractivity contribution is 0.282. The van der Waals surface area contributed by atoms with Crippen LogP contribution in [0.1, 0.15) is 5.56 Å². The number of rotatable bonds is 6. The van der Waals surface area contributed by atoms with Crippen molar-refractivity contribution in [3.8, 4) is 34.1 Å². The normalized spacial score (nSPS) is 14.3. The van der Waals surface area contributed by atoms with Crippen LogP contribution in [0.2, 0.25) is 0 Å². The fraction of sp³-hybridized carbons (Fsp3) is 0.269. The number of likely N-dealkylation sites (N-methyl/N-ethyl adjacent to an activating group) is 1. The van der Waals surface area contributed by atoms with Gasteiger partial charge in [0, 0.05) is 43.5 Å². The summed E-state index contributed by atoms with van der Waals surface area (Å²) >= 11 is 0. The van der Waals surface area contributed by atoms with Crippen molar-refractivity contribution in [2.24, 2.45) is 0 Å². The predicted octanol–water partition coefficient (Wildman–Crippen LogP) is 3.39. The van der Waals surface area contributed by atoms with E-state index in [0.29, 0.717) is 28.5 Å². The number of hydrogen-bond acceptors (Lipinski definition) is 7. The number of piperazine rings is 1. The quantitative estimate of drug-likeness (QED) is 0.459. The number of aromatic nitrogens is 4. The first kappa shape index (κ1) is 22.9. The van der Waals surface area contributed by atoms with Gasteiger partial charge >= 0.3 is 0 Å². The highest BCUT2D eigenvalue weighted by atomic mass is 19.1. The van der Waals surface area contributed by atoms with Crippen LogP contribution < -0.4 is 9.64 Å². The highest BCUT2D eigenvalue weighted by Crippen LogP contribution is 2.35. The lowest BCUT2D eigenvalue weighted by atomic mass is 10.0. The van der Waals surface area contributed by atoms with Crippen LogP contribution in [0.25, 0.3) is 28.3 Å². The second-order valence-corrected chi connectivity index (χ2v) is 8.50. The van der Waals surface area contributed by atoms with E-state index in [-0.39, 0.29) is 12.2 Å². The second-order valence-electron chi connectivity index (χ2n) is 8.50. The van der Waals surface area contributed by atoms with Crippen molar-refractivity contribution < 1.29 is 14.2 Å². The number of halogens is 1. The average molecular weight is 475 g/mol. The molecule has 4 aromatic rings. The van der Waals surface area contributed by atoms with E-state index in [1.807, 2.05) is 24.4 Å². The summed E-state index contributed by atoms with van der Waals surface area (Å²) in [4.78, 5) is 14.1.